The van der Waals surface area contributed by atoms with E-state index in [4.69, 9.17) is 12.2 Å². The zero-order valence-electron chi connectivity index (χ0n) is 12.9. The van der Waals surface area contributed by atoms with Gasteiger partial charge in [0.25, 0.3) is 5.91 Å². The highest BCUT2D eigenvalue weighted by atomic mass is 32.2. The average Bonchev–Trinajstić information content (AvgIpc) is 2.84. The molecule has 1 amide bonds. The number of aryl methyl sites for hydroxylation is 1. The Morgan fingerprint density at radius 1 is 1.04 bits per heavy atom. The maximum absolute atomic E-state index is 12.6. The Labute approximate surface area is 146 Å². The molecule has 0 saturated carbocycles. The van der Waals surface area contributed by atoms with Crippen LogP contribution in [0.15, 0.2) is 59.5 Å². The van der Waals surface area contributed by atoms with E-state index in [0.29, 0.717) is 15.8 Å². The average molecular weight is 339 g/mol. The summed E-state index contributed by atoms with van der Waals surface area (Å²) in [6.07, 6.45) is 2.93. The van der Waals surface area contributed by atoms with Crippen LogP contribution in [0, 0.1) is 0 Å². The van der Waals surface area contributed by atoms with Crippen molar-refractivity contribution in [3.63, 3.8) is 0 Å². The molecule has 1 fully saturated rings. The molecule has 23 heavy (non-hydrogen) atoms. The Morgan fingerprint density at radius 2 is 1.74 bits per heavy atom. The van der Waals surface area contributed by atoms with E-state index >= 15 is 0 Å². The largest absolute Gasteiger partial charge is 0.288 e. The number of thiocarbonyl (C=S) groups is 1. The summed E-state index contributed by atoms with van der Waals surface area (Å²) in [6, 6.07) is 18.2. The van der Waals surface area contributed by atoms with Gasteiger partial charge in [-0.25, -0.2) is 0 Å². The van der Waals surface area contributed by atoms with Gasteiger partial charge in [-0.05, 0) is 29.2 Å². The maximum Gasteiger partial charge on any atom is 0.266 e. The molecular weight excluding hydrogens is 322 g/mol. The molecule has 3 rings (SSSR count). The predicted molar refractivity (Wildman–Crippen MR) is 101 cm³/mol. The van der Waals surface area contributed by atoms with E-state index in [0.717, 1.165) is 17.5 Å². The normalized spacial score (nSPS) is 16.4. The summed E-state index contributed by atoms with van der Waals surface area (Å²) in [6.45, 7) is 2.65. The number of hydrogen-bond acceptors (Lipinski definition) is 3. The predicted octanol–water partition coefficient (Wildman–Crippen LogP) is 4.65. The van der Waals surface area contributed by atoms with Crippen molar-refractivity contribution in [2.45, 2.75) is 19.9 Å². The highest BCUT2D eigenvalue weighted by Gasteiger charge is 2.31. The quantitative estimate of drug-likeness (QED) is 0.597. The maximum atomic E-state index is 12.6. The third-order valence-corrected chi connectivity index (χ3v) is 5.12. The van der Waals surface area contributed by atoms with E-state index in [-0.39, 0.29) is 5.91 Å². The second-order valence-corrected chi connectivity index (χ2v) is 7.02. The number of amides is 1. The van der Waals surface area contributed by atoms with Gasteiger partial charge in [-0.15, -0.1) is 0 Å². The van der Waals surface area contributed by atoms with E-state index in [9.17, 15) is 4.79 Å². The van der Waals surface area contributed by atoms with E-state index in [1.54, 1.807) is 4.90 Å². The monoisotopic (exact) mass is 339 g/mol. The van der Waals surface area contributed by atoms with Crippen molar-refractivity contribution < 1.29 is 4.79 Å². The van der Waals surface area contributed by atoms with Crippen molar-refractivity contribution in [1.29, 1.82) is 0 Å². The molecule has 2 aromatic carbocycles. The molecule has 0 atom stereocenters. The van der Waals surface area contributed by atoms with Gasteiger partial charge < -0.3 is 0 Å². The molecule has 0 unspecified atom stereocenters. The number of rotatable bonds is 4. The Bertz CT molecular complexity index is 751. The van der Waals surface area contributed by atoms with Crippen LogP contribution in [0.1, 0.15) is 23.6 Å². The lowest BCUT2D eigenvalue weighted by Crippen LogP contribution is -2.27. The second-order valence-electron chi connectivity index (χ2n) is 5.35. The van der Waals surface area contributed by atoms with E-state index < -0.39 is 0 Å². The van der Waals surface area contributed by atoms with Crippen LogP contribution < -0.4 is 0 Å². The lowest BCUT2D eigenvalue weighted by Gasteiger charge is -2.14. The molecule has 116 valence electrons. The standard InChI is InChI=1S/C19H17NOS2/c1-2-14-8-10-15(11-9-14)12-17-18(21)20(19(22)23-17)13-16-6-4-3-5-7-16/h3-12H,2,13H2,1H3. The fourth-order valence-corrected chi connectivity index (χ4v) is 3.66. The van der Waals surface area contributed by atoms with Crippen molar-refractivity contribution in [3.05, 3.63) is 76.2 Å². The van der Waals surface area contributed by atoms with Gasteiger partial charge in [0, 0.05) is 0 Å². The van der Waals surface area contributed by atoms with Crippen LogP contribution >= 0.6 is 24.0 Å². The van der Waals surface area contributed by atoms with Gasteiger partial charge >= 0.3 is 0 Å². The van der Waals surface area contributed by atoms with Crippen LogP contribution in [0.2, 0.25) is 0 Å². The molecule has 0 spiro atoms. The Balaban J connectivity index is 1.78. The summed E-state index contributed by atoms with van der Waals surface area (Å²) in [5.74, 6) is -0.0107. The molecule has 1 saturated heterocycles. The van der Waals surface area contributed by atoms with Gasteiger partial charge in [-0.3, -0.25) is 9.69 Å². The molecule has 0 N–H and O–H groups in total. The minimum atomic E-state index is -0.0107. The summed E-state index contributed by atoms with van der Waals surface area (Å²) in [4.78, 5) is 15.0. The van der Waals surface area contributed by atoms with Crippen LogP contribution in [-0.2, 0) is 17.8 Å². The van der Waals surface area contributed by atoms with E-state index in [1.807, 2.05) is 48.5 Å². The van der Waals surface area contributed by atoms with Crippen molar-refractivity contribution in [2.24, 2.45) is 0 Å². The summed E-state index contributed by atoms with van der Waals surface area (Å²) in [5, 5.41) is 0. The molecule has 1 heterocycles. The zero-order valence-corrected chi connectivity index (χ0v) is 14.5. The summed E-state index contributed by atoms with van der Waals surface area (Å²) in [7, 11) is 0. The molecule has 1 aliphatic rings. The van der Waals surface area contributed by atoms with Gasteiger partial charge in [0.05, 0.1) is 11.4 Å². The molecule has 0 aliphatic carbocycles. The Kier molecular flexibility index (Phi) is 4.94. The third kappa shape index (κ3) is 3.71. The molecule has 2 nitrogen and oxygen atoms in total. The summed E-state index contributed by atoms with van der Waals surface area (Å²) >= 11 is 6.75. The number of carbonyl (C=O) groups excluding carboxylic acids is 1. The first kappa shape index (κ1) is 16.0. The van der Waals surface area contributed by atoms with Crippen LogP contribution in [0.4, 0.5) is 0 Å². The minimum Gasteiger partial charge on any atom is -0.288 e. The van der Waals surface area contributed by atoms with Crippen molar-refractivity contribution >= 4 is 40.3 Å². The van der Waals surface area contributed by atoms with Gasteiger partial charge in [0.1, 0.15) is 4.32 Å². The minimum absolute atomic E-state index is 0.0107. The molecule has 1 aliphatic heterocycles. The second kappa shape index (κ2) is 7.11. The zero-order chi connectivity index (χ0) is 16.2. The number of nitrogens with zero attached hydrogens (tertiary/aromatic N) is 1. The molecule has 4 heteroatoms. The lowest BCUT2D eigenvalue weighted by atomic mass is 10.1. The van der Waals surface area contributed by atoms with Crippen LogP contribution in [0.3, 0.4) is 0 Å². The van der Waals surface area contributed by atoms with Gasteiger partial charge in [-0.1, -0.05) is 85.5 Å². The van der Waals surface area contributed by atoms with E-state index in [2.05, 4.69) is 19.1 Å². The lowest BCUT2D eigenvalue weighted by molar-refractivity contribution is -0.122. The molecule has 0 bridgehead atoms. The van der Waals surface area contributed by atoms with Crippen molar-refractivity contribution in [2.75, 3.05) is 0 Å². The number of hydrogen-bond donors (Lipinski definition) is 0. The van der Waals surface area contributed by atoms with Gasteiger partial charge in [-0.2, -0.15) is 0 Å². The Morgan fingerprint density at radius 3 is 2.39 bits per heavy atom. The summed E-state index contributed by atoms with van der Waals surface area (Å²) < 4.78 is 0.621. The highest BCUT2D eigenvalue weighted by molar-refractivity contribution is 8.26. The fraction of sp³-hybridized carbons (Fsp3) is 0.158. The van der Waals surface area contributed by atoms with Crippen LogP contribution in [0.25, 0.3) is 6.08 Å². The van der Waals surface area contributed by atoms with Gasteiger partial charge in [0.15, 0.2) is 0 Å². The summed E-state index contributed by atoms with van der Waals surface area (Å²) in [5.41, 5.74) is 3.40. The van der Waals surface area contributed by atoms with Crippen LogP contribution in [-0.4, -0.2) is 15.1 Å². The smallest absolute Gasteiger partial charge is 0.266 e. The molecule has 0 radical (unpaired) electrons. The first-order valence-corrected chi connectivity index (χ1v) is 8.78. The van der Waals surface area contributed by atoms with Crippen molar-refractivity contribution in [1.82, 2.24) is 4.90 Å². The van der Waals surface area contributed by atoms with Gasteiger partial charge in [0.2, 0.25) is 0 Å². The fourth-order valence-electron chi connectivity index (χ4n) is 2.40. The molecular formula is C19H17NOS2. The first-order chi connectivity index (χ1) is 11.2. The number of thioether (sulfide) groups is 1. The first-order valence-electron chi connectivity index (χ1n) is 7.55. The van der Waals surface area contributed by atoms with Crippen LogP contribution in [0.5, 0.6) is 0 Å². The molecule has 2 aromatic rings. The third-order valence-electron chi connectivity index (χ3n) is 3.74. The molecule has 0 aromatic heterocycles. The Hall–Kier alpha value is -1.91. The number of carbonyl (C=O) groups is 1. The number of benzene rings is 2. The topological polar surface area (TPSA) is 20.3 Å². The van der Waals surface area contributed by atoms with E-state index in [1.165, 1.54) is 17.3 Å². The highest BCUT2D eigenvalue weighted by Crippen LogP contribution is 2.33. The van der Waals surface area contributed by atoms with Crippen molar-refractivity contribution in [3.8, 4) is 0 Å². The SMILES string of the molecule is CCc1ccc(C=C2SC(=S)N(Cc3ccccc3)C2=O)cc1.